The van der Waals surface area contributed by atoms with Crippen LogP contribution in [-0.2, 0) is 36.7 Å². The van der Waals surface area contributed by atoms with Gasteiger partial charge in [0.15, 0.2) is 0 Å². The lowest BCUT2D eigenvalue weighted by molar-refractivity contribution is -0.159. The first-order chi connectivity index (χ1) is 22.6. The number of aryl methyl sites for hydroxylation is 1. The van der Waals surface area contributed by atoms with E-state index in [0.717, 1.165) is 16.7 Å². The van der Waals surface area contributed by atoms with Crippen molar-refractivity contribution in [2.75, 3.05) is 0 Å². The molecule has 0 heterocycles. The van der Waals surface area contributed by atoms with E-state index in [1.165, 1.54) is 0 Å². The number of rotatable bonds is 12. The average molecular weight is 656 g/mol. The number of ether oxygens (including phenoxy) is 2. The predicted octanol–water partition coefficient (Wildman–Crippen LogP) is 6.23. The third-order valence-corrected chi connectivity index (χ3v) is 7.64. The topological polar surface area (TPSA) is 114 Å². The van der Waals surface area contributed by atoms with Crippen LogP contribution in [0, 0.1) is 6.92 Å². The van der Waals surface area contributed by atoms with Crippen LogP contribution in [0.2, 0.25) is 0 Å². The quantitative estimate of drug-likeness (QED) is 0.224. The molecule has 256 valence electrons. The zero-order valence-corrected chi connectivity index (χ0v) is 29.1. The van der Waals surface area contributed by atoms with E-state index >= 15 is 0 Å². The third kappa shape index (κ3) is 11.0. The Morgan fingerprint density at radius 2 is 1.27 bits per heavy atom. The summed E-state index contributed by atoms with van der Waals surface area (Å²) in [4.78, 5) is 57.5. The van der Waals surface area contributed by atoms with Crippen LogP contribution in [0.15, 0.2) is 84.9 Å². The van der Waals surface area contributed by atoms with Gasteiger partial charge in [0.2, 0.25) is 11.8 Å². The lowest BCUT2D eigenvalue weighted by atomic mass is 9.98. The molecule has 9 nitrogen and oxygen atoms in total. The maximum absolute atomic E-state index is 14.7. The fraction of sp³-hybridized carbons (Fsp3) is 0.436. The smallest absolute Gasteiger partial charge is 0.408 e. The molecule has 0 aliphatic heterocycles. The fourth-order valence-electron chi connectivity index (χ4n) is 5.50. The molecular formula is C39H49N3O6. The van der Waals surface area contributed by atoms with Gasteiger partial charge in [0.25, 0.3) is 0 Å². The summed E-state index contributed by atoms with van der Waals surface area (Å²) in [6.07, 6.45) is 1.07. The van der Waals surface area contributed by atoms with Crippen LogP contribution in [0.3, 0.4) is 0 Å². The number of carbonyl (C=O) groups is 4. The van der Waals surface area contributed by atoms with Crippen molar-refractivity contribution in [1.82, 2.24) is 15.5 Å². The molecule has 3 aromatic rings. The molecule has 9 heteroatoms. The Morgan fingerprint density at radius 1 is 0.729 bits per heavy atom. The molecular weight excluding hydrogens is 606 g/mol. The van der Waals surface area contributed by atoms with Gasteiger partial charge in [-0.15, -0.1) is 0 Å². The summed E-state index contributed by atoms with van der Waals surface area (Å²) in [5.74, 6) is -1.49. The van der Waals surface area contributed by atoms with Gasteiger partial charge in [-0.3, -0.25) is 9.59 Å². The molecule has 1 fully saturated rings. The summed E-state index contributed by atoms with van der Waals surface area (Å²) < 4.78 is 11.3. The third-order valence-electron chi connectivity index (χ3n) is 7.64. The molecule has 3 unspecified atom stereocenters. The van der Waals surface area contributed by atoms with Gasteiger partial charge >= 0.3 is 12.1 Å². The number of nitrogens with one attached hydrogen (secondary N) is 2. The van der Waals surface area contributed by atoms with Gasteiger partial charge in [-0.1, -0.05) is 90.5 Å². The van der Waals surface area contributed by atoms with Crippen LogP contribution in [0.5, 0.6) is 0 Å². The Hall–Kier alpha value is -4.66. The number of alkyl carbamates (subject to hydrolysis) is 1. The predicted molar refractivity (Wildman–Crippen MR) is 185 cm³/mol. The number of hydrogen-bond donors (Lipinski definition) is 2. The molecule has 48 heavy (non-hydrogen) atoms. The molecule has 0 saturated heterocycles. The first kappa shape index (κ1) is 36.2. The summed E-state index contributed by atoms with van der Waals surface area (Å²) in [5.41, 5.74) is 1.65. The number of amides is 3. The van der Waals surface area contributed by atoms with Crippen LogP contribution in [0.1, 0.15) is 82.7 Å². The van der Waals surface area contributed by atoms with Gasteiger partial charge in [0.05, 0.1) is 0 Å². The van der Waals surface area contributed by atoms with Crippen molar-refractivity contribution < 1.29 is 28.7 Å². The molecule has 0 radical (unpaired) electrons. The Morgan fingerprint density at radius 3 is 1.77 bits per heavy atom. The molecule has 0 spiro atoms. The van der Waals surface area contributed by atoms with E-state index in [0.29, 0.717) is 18.4 Å². The van der Waals surface area contributed by atoms with E-state index < -0.39 is 53.2 Å². The summed E-state index contributed by atoms with van der Waals surface area (Å²) in [5, 5.41) is 5.77. The Balaban J connectivity index is 1.73. The second-order valence-electron chi connectivity index (χ2n) is 14.5. The molecule has 3 aromatic carbocycles. The first-order valence-electron chi connectivity index (χ1n) is 16.6. The van der Waals surface area contributed by atoms with Crippen LogP contribution < -0.4 is 10.6 Å². The van der Waals surface area contributed by atoms with Crippen LogP contribution in [0.4, 0.5) is 4.79 Å². The lowest BCUT2D eigenvalue weighted by Gasteiger charge is -2.35. The van der Waals surface area contributed by atoms with E-state index in [-0.39, 0.29) is 18.9 Å². The van der Waals surface area contributed by atoms with Gasteiger partial charge in [-0.25, -0.2) is 9.59 Å². The normalized spacial score (nSPS) is 15.0. The van der Waals surface area contributed by atoms with Crippen molar-refractivity contribution in [3.05, 3.63) is 107 Å². The molecule has 4 rings (SSSR count). The molecule has 3 atom stereocenters. The summed E-state index contributed by atoms with van der Waals surface area (Å²) >= 11 is 0. The molecule has 0 bridgehead atoms. The first-order valence-corrected chi connectivity index (χ1v) is 16.6. The molecule has 3 amide bonds. The Labute approximate surface area is 284 Å². The summed E-state index contributed by atoms with van der Waals surface area (Å²) in [6.45, 7) is 12.5. The van der Waals surface area contributed by atoms with Crippen molar-refractivity contribution in [2.24, 2.45) is 0 Å². The standard InChI is InChI=1S/C39H49N3O6/c1-26-15-14-20-29(23-26)33(34(43)40-32(36(45)47-38(2,3)4)25-28-18-12-9-13-19-28)42(30-21-22-30)35(44)31(24-27-16-10-8-11-17-27)41-37(46)48-39(5,6)7/h8-20,23,30-33H,21-22,24-25H2,1-7H3,(H,40,43)(H,41,46). The van der Waals surface area contributed by atoms with E-state index in [2.05, 4.69) is 10.6 Å². The van der Waals surface area contributed by atoms with Gasteiger partial charge in [0, 0.05) is 18.9 Å². The average Bonchev–Trinajstić information content (AvgIpc) is 3.83. The van der Waals surface area contributed by atoms with E-state index in [4.69, 9.17) is 9.47 Å². The number of benzene rings is 3. The molecule has 2 N–H and O–H groups in total. The number of esters is 1. The largest absolute Gasteiger partial charge is 0.458 e. The van der Waals surface area contributed by atoms with Crippen LogP contribution >= 0.6 is 0 Å². The second kappa shape index (κ2) is 15.5. The monoisotopic (exact) mass is 655 g/mol. The number of carbonyl (C=O) groups excluding carboxylic acids is 4. The van der Waals surface area contributed by atoms with Crippen molar-refractivity contribution in [2.45, 2.75) is 110 Å². The van der Waals surface area contributed by atoms with Crippen LogP contribution in [-0.4, -0.2) is 58.1 Å². The highest BCUT2D eigenvalue weighted by Crippen LogP contribution is 2.36. The zero-order chi connectivity index (χ0) is 35.1. The van der Waals surface area contributed by atoms with Crippen LogP contribution in [0.25, 0.3) is 0 Å². The minimum absolute atomic E-state index is 0.193. The van der Waals surface area contributed by atoms with Crippen molar-refractivity contribution in [3.8, 4) is 0 Å². The number of hydrogen-bond acceptors (Lipinski definition) is 6. The summed E-state index contributed by atoms with van der Waals surface area (Å²) in [7, 11) is 0. The van der Waals surface area contributed by atoms with Crippen molar-refractivity contribution in [1.29, 1.82) is 0 Å². The number of nitrogens with zero attached hydrogens (tertiary/aromatic N) is 1. The second-order valence-corrected chi connectivity index (χ2v) is 14.5. The lowest BCUT2D eigenvalue weighted by Crippen LogP contribution is -2.56. The SMILES string of the molecule is Cc1cccc(C(C(=O)NC(Cc2ccccc2)C(=O)OC(C)(C)C)N(C(=O)C(Cc2ccccc2)NC(=O)OC(C)(C)C)C2CC2)c1. The zero-order valence-electron chi connectivity index (χ0n) is 29.1. The van der Waals surface area contributed by atoms with E-state index in [1.54, 1.807) is 46.4 Å². The minimum Gasteiger partial charge on any atom is -0.458 e. The van der Waals surface area contributed by atoms with E-state index in [1.807, 2.05) is 91.9 Å². The maximum atomic E-state index is 14.7. The molecule has 0 aromatic heterocycles. The molecule has 1 saturated carbocycles. The van der Waals surface area contributed by atoms with E-state index in [9.17, 15) is 19.2 Å². The van der Waals surface area contributed by atoms with Gasteiger partial charge in [-0.2, -0.15) is 0 Å². The minimum atomic E-state index is -1.08. The maximum Gasteiger partial charge on any atom is 0.408 e. The highest BCUT2D eigenvalue weighted by atomic mass is 16.6. The highest BCUT2D eigenvalue weighted by Gasteiger charge is 2.45. The Bertz CT molecular complexity index is 1560. The van der Waals surface area contributed by atoms with Gasteiger partial charge in [-0.05, 0) is 78.0 Å². The van der Waals surface area contributed by atoms with Gasteiger partial charge < -0.3 is 25.0 Å². The van der Waals surface area contributed by atoms with Crippen molar-refractivity contribution >= 4 is 23.9 Å². The molecule has 1 aliphatic rings. The van der Waals surface area contributed by atoms with Crippen molar-refractivity contribution in [3.63, 3.8) is 0 Å². The van der Waals surface area contributed by atoms with Gasteiger partial charge in [0.1, 0.15) is 29.3 Å². The molecule has 1 aliphatic carbocycles. The highest BCUT2D eigenvalue weighted by molar-refractivity contribution is 5.94. The Kier molecular flexibility index (Phi) is 11.7. The fourth-order valence-corrected chi connectivity index (χ4v) is 5.50. The summed E-state index contributed by atoms with van der Waals surface area (Å²) in [6, 6.07) is 22.9.